The second-order valence-corrected chi connectivity index (χ2v) is 6.72. The van der Waals surface area contributed by atoms with Gasteiger partial charge in [-0.25, -0.2) is 0 Å². The third kappa shape index (κ3) is 2.37. The summed E-state index contributed by atoms with van der Waals surface area (Å²) in [4.78, 5) is 19.5. The minimum Gasteiger partial charge on any atom is -0.314 e. The molecule has 0 bridgehead atoms. The van der Waals surface area contributed by atoms with Crippen molar-refractivity contribution < 1.29 is 4.79 Å². The van der Waals surface area contributed by atoms with Crippen molar-refractivity contribution in [2.75, 3.05) is 11.9 Å². The van der Waals surface area contributed by atoms with Gasteiger partial charge in [-0.15, -0.1) is 0 Å². The van der Waals surface area contributed by atoms with Crippen LogP contribution in [-0.4, -0.2) is 17.9 Å². The molecule has 1 aromatic heterocycles. The molecule has 0 aliphatic carbocycles. The monoisotopic (exact) mass is 352 g/mol. The summed E-state index contributed by atoms with van der Waals surface area (Å²) in [6.07, 6.45) is 0.198. The number of nitriles is 2. The molecule has 0 saturated carbocycles. The smallest absolute Gasteiger partial charge is 0.240 e. The number of carbonyl (C=O) groups excluding carboxylic acids is 1. The van der Waals surface area contributed by atoms with E-state index in [0.717, 1.165) is 16.6 Å². The van der Waals surface area contributed by atoms with E-state index in [0.29, 0.717) is 11.3 Å². The van der Waals surface area contributed by atoms with Gasteiger partial charge in [0.2, 0.25) is 5.91 Å². The van der Waals surface area contributed by atoms with Crippen LogP contribution in [0.25, 0.3) is 10.9 Å². The lowest BCUT2D eigenvalue weighted by atomic mass is 9.69. The summed E-state index contributed by atoms with van der Waals surface area (Å²) in [7, 11) is 1.68. The fraction of sp³-hybridized carbons (Fsp3) is 0.182. The highest BCUT2D eigenvalue weighted by Crippen LogP contribution is 2.47. The zero-order chi connectivity index (χ0) is 19.0. The summed E-state index contributed by atoms with van der Waals surface area (Å²) in [6, 6.07) is 23.0. The molecule has 1 unspecified atom stereocenters. The maximum absolute atomic E-state index is 13.3. The van der Waals surface area contributed by atoms with E-state index in [1.54, 1.807) is 7.05 Å². The maximum Gasteiger partial charge on any atom is 0.240 e. The van der Waals surface area contributed by atoms with Crippen LogP contribution < -0.4 is 4.90 Å². The van der Waals surface area contributed by atoms with E-state index in [-0.39, 0.29) is 12.3 Å². The van der Waals surface area contributed by atoms with E-state index in [1.165, 1.54) is 4.90 Å². The Bertz CT molecular complexity index is 1130. The van der Waals surface area contributed by atoms with Crippen molar-refractivity contribution in [3.05, 3.63) is 71.9 Å². The van der Waals surface area contributed by atoms with E-state index in [9.17, 15) is 15.3 Å². The molecule has 1 aliphatic rings. The number of nitrogens with zero attached hydrogens (tertiary/aromatic N) is 4. The Hall–Kier alpha value is -3.70. The predicted octanol–water partition coefficient (Wildman–Crippen LogP) is 3.36. The number of fused-ring (bicyclic) bond motifs is 2. The average molecular weight is 352 g/mol. The first-order valence-electron chi connectivity index (χ1n) is 8.63. The zero-order valence-corrected chi connectivity index (χ0v) is 14.8. The standard InChI is InChI=1S/C22H16N4O/c1-26-20-9-5-3-7-18(20)22(21(26)27,16(13-23)14-24)12-17-11-10-15-6-2-4-8-19(15)25-17/h2-11,16H,12H2,1H3. The van der Waals surface area contributed by atoms with Crippen LogP contribution in [0.5, 0.6) is 0 Å². The van der Waals surface area contributed by atoms with Gasteiger partial charge in [0.15, 0.2) is 5.92 Å². The minimum atomic E-state index is -1.26. The molecule has 1 aliphatic heterocycles. The summed E-state index contributed by atoms with van der Waals surface area (Å²) in [5, 5.41) is 20.3. The van der Waals surface area contributed by atoms with Crippen molar-refractivity contribution >= 4 is 22.5 Å². The van der Waals surface area contributed by atoms with Crippen LogP contribution in [0, 0.1) is 28.6 Å². The number of pyridine rings is 1. The molecule has 2 heterocycles. The van der Waals surface area contributed by atoms with E-state index in [4.69, 9.17) is 0 Å². The number of carbonyl (C=O) groups is 1. The first kappa shape index (κ1) is 16.8. The van der Waals surface area contributed by atoms with Crippen LogP contribution >= 0.6 is 0 Å². The molecule has 130 valence electrons. The molecule has 1 atom stereocenters. The van der Waals surface area contributed by atoms with E-state index in [1.807, 2.05) is 72.8 Å². The van der Waals surface area contributed by atoms with Gasteiger partial charge in [-0.2, -0.15) is 10.5 Å². The average Bonchev–Trinajstić information content (AvgIpc) is 2.92. The quantitative estimate of drug-likeness (QED) is 0.724. The van der Waals surface area contributed by atoms with Crippen molar-refractivity contribution in [2.45, 2.75) is 11.8 Å². The van der Waals surface area contributed by atoms with Gasteiger partial charge in [-0.1, -0.05) is 42.5 Å². The van der Waals surface area contributed by atoms with Crippen molar-refractivity contribution in [1.29, 1.82) is 10.5 Å². The normalized spacial score (nSPS) is 18.4. The van der Waals surface area contributed by atoms with Crippen LogP contribution in [0.1, 0.15) is 11.3 Å². The molecule has 0 N–H and O–H groups in total. The molecule has 27 heavy (non-hydrogen) atoms. The highest BCUT2D eigenvalue weighted by atomic mass is 16.2. The van der Waals surface area contributed by atoms with Crippen LogP contribution in [-0.2, 0) is 16.6 Å². The fourth-order valence-corrected chi connectivity index (χ4v) is 3.96. The summed E-state index contributed by atoms with van der Waals surface area (Å²) in [5.41, 5.74) is 1.69. The van der Waals surface area contributed by atoms with Crippen LogP contribution in [0.15, 0.2) is 60.7 Å². The van der Waals surface area contributed by atoms with Gasteiger partial charge in [-0.05, 0) is 23.8 Å². The molecule has 3 aromatic rings. The Morgan fingerprint density at radius 2 is 1.74 bits per heavy atom. The number of hydrogen-bond acceptors (Lipinski definition) is 4. The molecule has 0 saturated heterocycles. The number of benzene rings is 2. The minimum absolute atomic E-state index is 0.198. The van der Waals surface area contributed by atoms with Crippen molar-refractivity contribution in [1.82, 2.24) is 4.98 Å². The number of likely N-dealkylation sites (N-methyl/N-ethyl adjacent to an activating group) is 1. The van der Waals surface area contributed by atoms with E-state index < -0.39 is 11.3 Å². The van der Waals surface area contributed by atoms with Crippen LogP contribution in [0.3, 0.4) is 0 Å². The van der Waals surface area contributed by atoms with Gasteiger partial charge < -0.3 is 4.90 Å². The molecule has 1 amide bonds. The van der Waals surface area contributed by atoms with Crippen molar-refractivity contribution in [3.8, 4) is 12.1 Å². The number of para-hydroxylation sites is 2. The fourth-order valence-electron chi connectivity index (χ4n) is 3.96. The number of amides is 1. The van der Waals surface area contributed by atoms with Crippen LogP contribution in [0.2, 0.25) is 0 Å². The van der Waals surface area contributed by atoms with Gasteiger partial charge >= 0.3 is 0 Å². The number of hydrogen-bond donors (Lipinski definition) is 0. The molecule has 5 heteroatoms. The summed E-state index contributed by atoms with van der Waals surface area (Å²) in [5.74, 6) is -1.35. The Kier molecular flexibility index (Phi) is 3.86. The number of anilines is 1. The van der Waals surface area contributed by atoms with Crippen molar-refractivity contribution in [3.63, 3.8) is 0 Å². The lowest BCUT2D eigenvalue weighted by Gasteiger charge is -2.29. The molecule has 2 aromatic carbocycles. The third-order valence-corrected chi connectivity index (χ3v) is 5.30. The molecular formula is C22H16N4O. The molecule has 0 spiro atoms. The summed E-state index contributed by atoms with van der Waals surface area (Å²) >= 11 is 0. The topological polar surface area (TPSA) is 80.8 Å². The number of rotatable bonds is 3. The Balaban J connectivity index is 1.91. The molecule has 5 nitrogen and oxygen atoms in total. The van der Waals surface area contributed by atoms with Gasteiger partial charge in [0.05, 0.1) is 17.7 Å². The second-order valence-electron chi connectivity index (χ2n) is 6.72. The summed E-state index contributed by atoms with van der Waals surface area (Å²) in [6.45, 7) is 0. The van der Waals surface area contributed by atoms with E-state index >= 15 is 0 Å². The first-order chi connectivity index (χ1) is 13.1. The highest BCUT2D eigenvalue weighted by Gasteiger charge is 2.55. The highest BCUT2D eigenvalue weighted by molar-refractivity contribution is 6.08. The second kappa shape index (κ2) is 6.23. The van der Waals surface area contributed by atoms with Gasteiger partial charge in [0, 0.05) is 30.2 Å². The van der Waals surface area contributed by atoms with E-state index in [2.05, 4.69) is 4.98 Å². The largest absolute Gasteiger partial charge is 0.314 e. The molecule has 0 radical (unpaired) electrons. The Morgan fingerprint density at radius 1 is 1.04 bits per heavy atom. The SMILES string of the molecule is CN1C(=O)C(Cc2ccc3ccccc3n2)(C(C#N)C#N)c2ccccc21. The Morgan fingerprint density at radius 3 is 2.52 bits per heavy atom. The van der Waals surface area contributed by atoms with Gasteiger partial charge in [-0.3, -0.25) is 9.78 Å². The van der Waals surface area contributed by atoms with Crippen LogP contribution in [0.4, 0.5) is 5.69 Å². The Labute approximate surface area is 157 Å². The molecular weight excluding hydrogens is 336 g/mol. The predicted molar refractivity (Wildman–Crippen MR) is 102 cm³/mol. The molecule has 4 rings (SSSR count). The maximum atomic E-state index is 13.3. The van der Waals surface area contributed by atoms with Gasteiger partial charge in [0.1, 0.15) is 5.41 Å². The first-order valence-corrected chi connectivity index (χ1v) is 8.63. The lowest BCUT2D eigenvalue weighted by molar-refractivity contribution is -0.123. The number of aromatic nitrogens is 1. The zero-order valence-electron chi connectivity index (χ0n) is 14.8. The molecule has 0 fully saturated rings. The third-order valence-electron chi connectivity index (χ3n) is 5.30. The van der Waals surface area contributed by atoms with Crippen molar-refractivity contribution in [2.24, 2.45) is 5.92 Å². The summed E-state index contributed by atoms with van der Waals surface area (Å²) < 4.78 is 0. The lowest BCUT2D eigenvalue weighted by Crippen LogP contribution is -2.45. The van der Waals surface area contributed by atoms with Gasteiger partial charge in [0.25, 0.3) is 0 Å².